The molecule has 0 unspecified atom stereocenters. The number of hydrogen-bond donors (Lipinski definition) is 0. The summed E-state index contributed by atoms with van der Waals surface area (Å²) in [5.74, 6) is -0.709. The molecule has 5 nitrogen and oxygen atoms in total. The molecule has 2 aromatic rings. The van der Waals surface area contributed by atoms with E-state index in [0.29, 0.717) is 16.7 Å². The smallest absolute Gasteiger partial charge is 0.261 e. The summed E-state index contributed by atoms with van der Waals surface area (Å²) in [6.07, 6.45) is 0. The highest BCUT2D eigenvalue weighted by Gasteiger charge is 2.34. The van der Waals surface area contributed by atoms with Crippen molar-refractivity contribution in [3.8, 4) is 0 Å². The molecule has 0 saturated carbocycles. The van der Waals surface area contributed by atoms with Gasteiger partial charge >= 0.3 is 0 Å². The van der Waals surface area contributed by atoms with Crippen molar-refractivity contribution >= 4 is 17.7 Å². The van der Waals surface area contributed by atoms with Gasteiger partial charge in [-0.25, -0.2) is 0 Å². The van der Waals surface area contributed by atoms with Crippen LogP contribution in [0, 0.1) is 0 Å². The largest absolute Gasteiger partial charge is 0.345 e. The highest BCUT2D eigenvalue weighted by Crippen LogP contribution is 2.24. The van der Waals surface area contributed by atoms with Gasteiger partial charge in [0.2, 0.25) is 0 Å². The van der Waals surface area contributed by atoms with Crippen LogP contribution in [0.25, 0.3) is 0 Å². The first-order valence-electron chi connectivity index (χ1n) is 7.25. The zero-order valence-electron chi connectivity index (χ0n) is 12.9. The van der Waals surface area contributed by atoms with E-state index >= 15 is 0 Å². The number of fused-ring (bicyclic) bond motifs is 1. The predicted octanol–water partition coefficient (Wildman–Crippen LogP) is 2.18. The van der Waals surface area contributed by atoms with E-state index in [1.54, 1.807) is 62.6 Å². The van der Waals surface area contributed by atoms with E-state index in [0.717, 1.165) is 5.56 Å². The topological polar surface area (TPSA) is 57.7 Å². The highest BCUT2D eigenvalue weighted by atomic mass is 16.2. The molecule has 0 atom stereocenters. The zero-order valence-corrected chi connectivity index (χ0v) is 12.9. The third kappa shape index (κ3) is 2.61. The average molecular weight is 308 g/mol. The molecular formula is C18H16N2O3. The maximum Gasteiger partial charge on any atom is 0.261 e. The van der Waals surface area contributed by atoms with E-state index in [4.69, 9.17) is 0 Å². The summed E-state index contributed by atoms with van der Waals surface area (Å²) in [5.41, 5.74) is 2.13. The van der Waals surface area contributed by atoms with E-state index in [2.05, 4.69) is 0 Å². The quantitative estimate of drug-likeness (QED) is 0.817. The molecule has 0 spiro atoms. The molecule has 1 aliphatic rings. The molecule has 5 heteroatoms. The summed E-state index contributed by atoms with van der Waals surface area (Å²) in [7, 11) is 3.36. The Morgan fingerprint density at radius 3 is 2.13 bits per heavy atom. The van der Waals surface area contributed by atoms with Gasteiger partial charge in [0.25, 0.3) is 17.7 Å². The number of amides is 3. The van der Waals surface area contributed by atoms with Crippen LogP contribution < -0.4 is 0 Å². The Labute approximate surface area is 134 Å². The van der Waals surface area contributed by atoms with Crippen LogP contribution in [0.1, 0.15) is 36.6 Å². The molecule has 116 valence electrons. The van der Waals surface area contributed by atoms with Crippen LogP contribution in [0.15, 0.2) is 48.5 Å². The minimum Gasteiger partial charge on any atom is -0.345 e. The molecule has 0 saturated heterocycles. The van der Waals surface area contributed by atoms with Gasteiger partial charge in [0.05, 0.1) is 17.7 Å². The Bertz CT molecular complexity index is 776. The van der Waals surface area contributed by atoms with Gasteiger partial charge in [0.15, 0.2) is 0 Å². The van der Waals surface area contributed by atoms with Gasteiger partial charge in [0.1, 0.15) is 0 Å². The lowest BCUT2D eigenvalue weighted by molar-refractivity contribution is 0.0642. The van der Waals surface area contributed by atoms with Crippen molar-refractivity contribution < 1.29 is 14.4 Å². The first kappa shape index (κ1) is 15.0. The van der Waals surface area contributed by atoms with Crippen LogP contribution in [-0.4, -0.2) is 41.6 Å². The summed E-state index contributed by atoms with van der Waals surface area (Å²) < 4.78 is 0. The number of nitrogens with zero attached hydrogens (tertiary/aromatic N) is 2. The van der Waals surface area contributed by atoms with Gasteiger partial charge in [-0.3, -0.25) is 19.3 Å². The molecule has 1 aliphatic heterocycles. The maximum atomic E-state index is 12.4. The lowest BCUT2D eigenvalue weighted by atomic mass is 10.1. The van der Waals surface area contributed by atoms with E-state index in [-0.39, 0.29) is 24.3 Å². The van der Waals surface area contributed by atoms with Crippen molar-refractivity contribution in [1.82, 2.24) is 9.80 Å². The van der Waals surface area contributed by atoms with Crippen molar-refractivity contribution in [2.24, 2.45) is 0 Å². The Morgan fingerprint density at radius 2 is 1.57 bits per heavy atom. The molecule has 1 heterocycles. The van der Waals surface area contributed by atoms with Crippen molar-refractivity contribution in [2.45, 2.75) is 6.54 Å². The van der Waals surface area contributed by atoms with Crippen LogP contribution in [0.5, 0.6) is 0 Å². The Morgan fingerprint density at radius 1 is 0.957 bits per heavy atom. The SMILES string of the molecule is CN(C)C(=O)c1cccc(CN2C(=O)c3ccccc3C2=O)c1. The second kappa shape index (κ2) is 5.68. The minimum absolute atomic E-state index is 0.116. The van der Waals surface area contributed by atoms with E-state index in [1.807, 2.05) is 0 Å². The third-order valence-corrected chi connectivity index (χ3v) is 3.80. The summed E-state index contributed by atoms with van der Waals surface area (Å²) in [6.45, 7) is 0.154. The third-order valence-electron chi connectivity index (χ3n) is 3.80. The molecule has 0 fully saturated rings. The van der Waals surface area contributed by atoms with Crippen LogP contribution >= 0.6 is 0 Å². The number of carbonyl (C=O) groups excluding carboxylic acids is 3. The minimum atomic E-state index is -0.296. The van der Waals surface area contributed by atoms with Gasteiger partial charge in [-0.05, 0) is 29.8 Å². The van der Waals surface area contributed by atoms with Gasteiger partial charge in [0, 0.05) is 19.7 Å². The van der Waals surface area contributed by atoms with E-state index in [1.165, 1.54) is 9.80 Å². The Hall–Kier alpha value is -2.95. The van der Waals surface area contributed by atoms with Crippen molar-refractivity contribution in [1.29, 1.82) is 0 Å². The predicted molar refractivity (Wildman–Crippen MR) is 85.1 cm³/mol. The number of imide groups is 1. The van der Waals surface area contributed by atoms with Crippen LogP contribution in [0.3, 0.4) is 0 Å². The second-order valence-corrected chi connectivity index (χ2v) is 5.64. The fourth-order valence-electron chi connectivity index (χ4n) is 2.63. The number of carbonyl (C=O) groups is 3. The average Bonchev–Trinajstić information content (AvgIpc) is 2.80. The lowest BCUT2D eigenvalue weighted by Crippen LogP contribution is -2.29. The molecule has 2 aromatic carbocycles. The van der Waals surface area contributed by atoms with E-state index in [9.17, 15) is 14.4 Å². The van der Waals surface area contributed by atoms with Crippen molar-refractivity contribution in [3.63, 3.8) is 0 Å². The number of benzene rings is 2. The van der Waals surface area contributed by atoms with Crippen LogP contribution in [0.2, 0.25) is 0 Å². The number of rotatable bonds is 3. The summed E-state index contributed by atoms with van der Waals surface area (Å²) in [4.78, 5) is 39.5. The molecular weight excluding hydrogens is 292 g/mol. The van der Waals surface area contributed by atoms with Crippen molar-refractivity contribution in [2.75, 3.05) is 14.1 Å². The van der Waals surface area contributed by atoms with Gasteiger partial charge in [-0.1, -0.05) is 24.3 Å². The summed E-state index contributed by atoms with van der Waals surface area (Å²) >= 11 is 0. The summed E-state index contributed by atoms with van der Waals surface area (Å²) in [6, 6.07) is 13.8. The molecule has 23 heavy (non-hydrogen) atoms. The molecule has 0 aliphatic carbocycles. The van der Waals surface area contributed by atoms with Gasteiger partial charge in [-0.15, -0.1) is 0 Å². The Balaban J connectivity index is 1.87. The summed E-state index contributed by atoms with van der Waals surface area (Å²) in [5, 5.41) is 0. The molecule has 3 rings (SSSR count). The maximum absolute atomic E-state index is 12.4. The normalized spacial score (nSPS) is 13.2. The fourth-order valence-corrected chi connectivity index (χ4v) is 2.63. The first-order valence-corrected chi connectivity index (χ1v) is 7.25. The zero-order chi connectivity index (χ0) is 16.6. The molecule has 0 aromatic heterocycles. The fraction of sp³-hybridized carbons (Fsp3) is 0.167. The van der Waals surface area contributed by atoms with Gasteiger partial charge in [-0.2, -0.15) is 0 Å². The highest BCUT2D eigenvalue weighted by molar-refractivity contribution is 6.21. The Kier molecular flexibility index (Phi) is 3.70. The van der Waals surface area contributed by atoms with Gasteiger partial charge < -0.3 is 4.90 Å². The standard InChI is InChI=1S/C18H16N2O3/c1-19(2)16(21)13-7-5-6-12(10-13)11-20-17(22)14-8-3-4-9-15(14)18(20)23/h3-10H,11H2,1-2H3. The first-order chi connectivity index (χ1) is 11.0. The molecule has 0 N–H and O–H groups in total. The van der Waals surface area contributed by atoms with Crippen LogP contribution in [-0.2, 0) is 6.54 Å². The number of hydrogen-bond acceptors (Lipinski definition) is 3. The molecule has 3 amide bonds. The van der Waals surface area contributed by atoms with Crippen molar-refractivity contribution in [3.05, 3.63) is 70.8 Å². The molecule has 0 radical (unpaired) electrons. The van der Waals surface area contributed by atoms with Crippen LogP contribution in [0.4, 0.5) is 0 Å². The molecule has 0 bridgehead atoms. The van der Waals surface area contributed by atoms with E-state index < -0.39 is 0 Å². The monoisotopic (exact) mass is 308 g/mol. The lowest BCUT2D eigenvalue weighted by Gasteiger charge is -2.15. The second-order valence-electron chi connectivity index (χ2n) is 5.64.